The zero-order chi connectivity index (χ0) is 18.1. The Labute approximate surface area is 165 Å². The van der Waals surface area contributed by atoms with Crippen LogP contribution in [0.5, 0.6) is 0 Å². The first-order valence-electron chi connectivity index (χ1n) is 7.61. The summed E-state index contributed by atoms with van der Waals surface area (Å²) in [6.45, 7) is 3.91. The van der Waals surface area contributed by atoms with Crippen LogP contribution in [0.25, 0.3) is 6.08 Å². The van der Waals surface area contributed by atoms with Gasteiger partial charge in [-0.15, -0.1) is 0 Å². The van der Waals surface area contributed by atoms with Crippen molar-refractivity contribution in [1.29, 1.82) is 0 Å². The molecular formula is C19H15IN2O2S. The van der Waals surface area contributed by atoms with Gasteiger partial charge < -0.3 is 0 Å². The molecule has 6 heteroatoms. The summed E-state index contributed by atoms with van der Waals surface area (Å²) in [5, 5.41) is 2.71. The minimum Gasteiger partial charge on any atom is -0.298 e. The number of thiocarbonyl (C=S) groups is 1. The first-order valence-corrected chi connectivity index (χ1v) is 9.10. The zero-order valence-electron chi connectivity index (χ0n) is 13.7. The highest BCUT2D eigenvalue weighted by atomic mass is 127. The summed E-state index contributed by atoms with van der Waals surface area (Å²) in [6.07, 6.45) is 1.61. The van der Waals surface area contributed by atoms with E-state index in [4.69, 9.17) is 12.2 Å². The van der Waals surface area contributed by atoms with Crippen molar-refractivity contribution in [3.8, 4) is 0 Å². The third-order valence-corrected chi connectivity index (χ3v) is 5.04. The first-order chi connectivity index (χ1) is 11.9. The highest BCUT2D eigenvalue weighted by Crippen LogP contribution is 2.25. The van der Waals surface area contributed by atoms with Crippen LogP contribution >= 0.6 is 34.8 Å². The topological polar surface area (TPSA) is 49.4 Å². The Morgan fingerprint density at radius 3 is 2.36 bits per heavy atom. The van der Waals surface area contributed by atoms with Gasteiger partial charge in [-0.3, -0.25) is 19.8 Å². The number of hydrogen-bond donors (Lipinski definition) is 1. The van der Waals surface area contributed by atoms with Crippen molar-refractivity contribution in [2.45, 2.75) is 13.8 Å². The normalized spacial score (nSPS) is 16.4. The number of amides is 2. The Bertz CT molecular complexity index is 917. The van der Waals surface area contributed by atoms with Crippen LogP contribution in [0.2, 0.25) is 0 Å². The predicted octanol–water partition coefficient (Wildman–Crippen LogP) is 3.74. The van der Waals surface area contributed by atoms with Gasteiger partial charge in [-0.2, -0.15) is 0 Å². The Morgan fingerprint density at radius 1 is 1.08 bits per heavy atom. The average Bonchev–Trinajstić information content (AvgIpc) is 2.52. The van der Waals surface area contributed by atoms with Crippen LogP contribution in [0.15, 0.2) is 48.0 Å². The number of anilines is 1. The van der Waals surface area contributed by atoms with Crippen molar-refractivity contribution >= 4 is 63.5 Å². The molecule has 126 valence electrons. The molecule has 1 saturated heterocycles. The van der Waals surface area contributed by atoms with Crippen LogP contribution in [0, 0.1) is 17.4 Å². The van der Waals surface area contributed by atoms with Crippen LogP contribution in [-0.2, 0) is 9.59 Å². The van der Waals surface area contributed by atoms with E-state index in [1.807, 2.05) is 56.3 Å². The fourth-order valence-corrected chi connectivity index (χ4v) is 3.54. The van der Waals surface area contributed by atoms with Gasteiger partial charge in [0.2, 0.25) is 0 Å². The van der Waals surface area contributed by atoms with Crippen molar-refractivity contribution in [1.82, 2.24) is 5.32 Å². The van der Waals surface area contributed by atoms with Gasteiger partial charge in [0.1, 0.15) is 5.57 Å². The van der Waals surface area contributed by atoms with E-state index in [0.29, 0.717) is 5.69 Å². The van der Waals surface area contributed by atoms with Crippen molar-refractivity contribution in [3.05, 3.63) is 68.3 Å². The molecule has 0 atom stereocenters. The number of aryl methyl sites for hydroxylation is 2. The maximum absolute atomic E-state index is 13.0. The Morgan fingerprint density at radius 2 is 1.72 bits per heavy atom. The molecule has 4 nitrogen and oxygen atoms in total. The van der Waals surface area contributed by atoms with Gasteiger partial charge in [0.25, 0.3) is 11.8 Å². The number of carbonyl (C=O) groups is 2. The maximum Gasteiger partial charge on any atom is 0.270 e. The Balaban J connectivity index is 2.07. The number of carbonyl (C=O) groups excluding carboxylic acids is 2. The van der Waals surface area contributed by atoms with E-state index in [1.165, 1.54) is 4.90 Å². The van der Waals surface area contributed by atoms with Crippen LogP contribution in [-0.4, -0.2) is 16.9 Å². The molecule has 3 rings (SSSR count). The molecule has 1 fully saturated rings. The van der Waals surface area contributed by atoms with Crippen LogP contribution in [0.1, 0.15) is 16.7 Å². The molecule has 1 heterocycles. The minimum absolute atomic E-state index is 0.0666. The third kappa shape index (κ3) is 3.64. The summed E-state index contributed by atoms with van der Waals surface area (Å²) in [7, 11) is 0. The van der Waals surface area contributed by atoms with E-state index in [1.54, 1.807) is 6.08 Å². The standard InChI is InChI=1S/C19H15IN2O2S/c1-11-7-12(2)9-14(8-11)22-18(24)15(17(23)21-19(22)25)10-13-5-3-4-6-16(13)20/h3-10H,1-2H3,(H,21,23,25)/b15-10+. The quantitative estimate of drug-likeness (QED) is 0.320. The highest BCUT2D eigenvalue weighted by molar-refractivity contribution is 14.1. The summed E-state index contributed by atoms with van der Waals surface area (Å²) in [4.78, 5) is 26.7. The average molecular weight is 462 g/mol. The molecule has 2 aromatic rings. The van der Waals surface area contributed by atoms with Crippen LogP contribution < -0.4 is 10.2 Å². The van der Waals surface area contributed by atoms with E-state index in [2.05, 4.69) is 27.9 Å². The second-order valence-electron chi connectivity index (χ2n) is 5.83. The Hall–Kier alpha value is -2.06. The van der Waals surface area contributed by atoms with Crippen molar-refractivity contribution in [2.24, 2.45) is 0 Å². The number of halogens is 1. The molecule has 25 heavy (non-hydrogen) atoms. The summed E-state index contributed by atoms with van der Waals surface area (Å²) in [5.74, 6) is -0.895. The highest BCUT2D eigenvalue weighted by Gasteiger charge is 2.34. The molecule has 1 aliphatic rings. The van der Waals surface area contributed by atoms with Gasteiger partial charge >= 0.3 is 0 Å². The van der Waals surface area contributed by atoms with Gasteiger partial charge in [-0.1, -0.05) is 24.3 Å². The molecule has 0 radical (unpaired) electrons. The monoisotopic (exact) mass is 462 g/mol. The van der Waals surface area contributed by atoms with E-state index in [-0.39, 0.29) is 10.7 Å². The van der Waals surface area contributed by atoms with Crippen molar-refractivity contribution in [3.63, 3.8) is 0 Å². The zero-order valence-corrected chi connectivity index (χ0v) is 16.6. The fraction of sp³-hybridized carbons (Fsp3) is 0.105. The van der Waals surface area contributed by atoms with E-state index < -0.39 is 11.8 Å². The lowest BCUT2D eigenvalue weighted by Crippen LogP contribution is -2.54. The maximum atomic E-state index is 13.0. The number of nitrogens with one attached hydrogen (secondary N) is 1. The summed E-state index contributed by atoms with van der Waals surface area (Å²) in [6, 6.07) is 13.3. The predicted molar refractivity (Wildman–Crippen MR) is 111 cm³/mol. The molecule has 0 aromatic heterocycles. The number of rotatable bonds is 2. The number of benzene rings is 2. The van der Waals surface area contributed by atoms with Crippen molar-refractivity contribution in [2.75, 3.05) is 4.90 Å². The molecule has 1 N–H and O–H groups in total. The van der Waals surface area contributed by atoms with Gasteiger partial charge in [-0.05, 0) is 89.6 Å². The summed E-state index contributed by atoms with van der Waals surface area (Å²) < 4.78 is 0.958. The second kappa shape index (κ2) is 7.05. The SMILES string of the molecule is Cc1cc(C)cc(N2C(=O)/C(=C/c3ccccc3I)C(=O)NC2=S)c1. The smallest absolute Gasteiger partial charge is 0.270 e. The number of nitrogens with zero attached hydrogens (tertiary/aromatic N) is 1. The molecule has 0 unspecified atom stereocenters. The third-order valence-electron chi connectivity index (χ3n) is 3.77. The van der Waals surface area contributed by atoms with Crippen LogP contribution in [0.3, 0.4) is 0 Å². The van der Waals surface area contributed by atoms with E-state index >= 15 is 0 Å². The van der Waals surface area contributed by atoms with E-state index in [0.717, 1.165) is 20.3 Å². The Kier molecular flexibility index (Phi) is 5.01. The molecule has 0 aliphatic carbocycles. The summed E-state index contributed by atoms with van der Waals surface area (Å²) >= 11 is 7.41. The van der Waals surface area contributed by atoms with Gasteiger partial charge in [-0.25, -0.2) is 0 Å². The lowest BCUT2D eigenvalue weighted by atomic mass is 10.1. The minimum atomic E-state index is -0.477. The van der Waals surface area contributed by atoms with Crippen molar-refractivity contribution < 1.29 is 9.59 Å². The van der Waals surface area contributed by atoms with Gasteiger partial charge in [0, 0.05) is 3.57 Å². The first kappa shape index (κ1) is 17.8. The lowest BCUT2D eigenvalue weighted by Gasteiger charge is -2.29. The second-order valence-corrected chi connectivity index (χ2v) is 7.37. The molecule has 0 bridgehead atoms. The summed E-state index contributed by atoms with van der Waals surface area (Å²) in [5.41, 5.74) is 3.57. The molecule has 0 spiro atoms. The fourth-order valence-electron chi connectivity index (χ4n) is 2.72. The van der Waals surface area contributed by atoms with E-state index in [9.17, 15) is 9.59 Å². The lowest BCUT2D eigenvalue weighted by molar-refractivity contribution is -0.122. The number of hydrogen-bond acceptors (Lipinski definition) is 3. The molecular weight excluding hydrogens is 447 g/mol. The molecule has 0 saturated carbocycles. The molecule has 2 amide bonds. The largest absolute Gasteiger partial charge is 0.298 e. The van der Waals surface area contributed by atoms with Crippen LogP contribution in [0.4, 0.5) is 5.69 Å². The van der Waals surface area contributed by atoms with Gasteiger partial charge in [0.05, 0.1) is 5.69 Å². The molecule has 2 aromatic carbocycles. The van der Waals surface area contributed by atoms with Gasteiger partial charge in [0.15, 0.2) is 5.11 Å². The molecule has 1 aliphatic heterocycles.